The third-order valence-electron chi connectivity index (χ3n) is 3.37. The zero-order valence-electron chi connectivity index (χ0n) is 14.1. The zero-order chi connectivity index (χ0) is 19.3. The highest BCUT2D eigenvalue weighted by molar-refractivity contribution is 9.10. The lowest BCUT2D eigenvalue weighted by molar-refractivity contribution is -0.384. The molecule has 2 rings (SSSR count). The number of non-ortho nitro benzene ring substituents is 1. The Labute approximate surface area is 157 Å². The third kappa shape index (κ3) is 5.03. The first-order valence-corrected chi connectivity index (χ1v) is 8.25. The average molecular weight is 422 g/mol. The quantitative estimate of drug-likeness (QED) is 0.251. The van der Waals surface area contributed by atoms with Gasteiger partial charge in [0.2, 0.25) is 0 Å². The van der Waals surface area contributed by atoms with E-state index in [-0.39, 0.29) is 23.7 Å². The second-order valence-corrected chi connectivity index (χ2v) is 6.20. The van der Waals surface area contributed by atoms with Gasteiger partial charge in [0.1, 0.15) is 5.75 Å². The van der Waals surface area contributed by atoms with Crippen LogP contribution < -0.4 is 10.5 Å². The molecule has 2 aromatic carbocycles. The fraction of sp³-hybridized carbons (Fsp3) is 0.176. The molecule has 0 aliphatic heterocycles. The topological polar surface area (TPSA) is 117 Å². The summed E-state index contributed by atoms with van der Waals surface area (Å²) in [5.74, 6) is -0.384. The van der Waals surface area contributed by atoms with Crippen LogP contribution in [0.4, 0.5) is 5.69 Å². The molecule has 0 bridgehead atoms. The number of nitrogens with two attached hydrogens (primary N) is 1. The fourth-order valence-corrected chi connectivity index (χ4v) is 2.32. The number of ether oxygens (including phenoxy) is 1. The summed E-state index contributed by atoms with van der Waals surface area (Å²) in [6.07, 6.45) is 0. The van der Waals surface area contributed by atoms with Gasteiger partial charge in [-0.05, 0) is 37.1 Å². The molecular weight excluding hydrogens is 406 g/mol. The molecule has 2 N–H and O–H groups in total. The molecule has 9 heteroatoms. The van der Waals surface area contributed by atoms with Gasteiger partial charge in [-0.2, -0.15) is 0 Å². The molecule has 0 heterocycles. The highest BCUT2D eigenvalue weighted by Crippen LogP contribution is 2.26. The van der Waals surface area contributed by atoms with E-state index in [9.17, 15) is 14.9 Å². The second kappa shape index (κ2) is 8.43. The Bertz CT molecular complexity index is 859. The molecule has 26 heavy (non-hydrogen) atoms. The number of nitrogens with zero attached hydrogens (tertiary/aromatic N) is 2. The van der Waals surface area contributed by atoms with Gasteiger partial charge in [-0.25, -0.2) is 4.79 Å². The van der Waals surface area contributed by atoms with Crippen LogP contribution in [0.25, 0.3) is 0 Å². The molecule has 0 fully saturated rings. The lowest BCUT2D eigenvalue weighted by Crippen LogP contribution is -2.18. The number of oxime groups is 1. The van der Waals surface area contributed by atoms with Gasteiger partial charge in [0.15, 0.2) is 12.4 Å². The zero-order valence-corrected chi connectivity index (χ0v) is 15.6. The maximum Gasteiger partial charge on any atom is 0.372 e. The van der Waals surface area contributed by atoms with E-state index in [0.717, 1.165) is 15.6 Å². The molecule has 136 valence electrons. The summed E-state index contributed by atoms with van der Waals surface area (Å²) >= 11 is 3.45. The van der Waals surface area contributed by atoms with E-state index in [1.54, 1.807) is 12.1 Å². The molecule has 0 aliphatic carbocycles. The highest BCUT2D eigenvalue weighted by Gasteiger charge is 2.10. The molecule has 0 atom stereocenters. The number of carbonyl (C=O) groups excluding carboxylic acids is 1. The first kappa shape index (κ1) is 19.4. The van der Waals surface area contributed by atoms with Crippen molar-refractivity contribution in [1.29, 1.82) is 0 Å². The van der Waals surface area contributed by atoms with E-state index in [2.05, 4.69) is 25.9 Å². The summed E-state index contributed by atoms with van der Waals surface area (Å²) in [5.41, 5.74) is 7.76. The van der Waals surface area contributed by atoms with Crippen LogP contribution in [0.15, 0.2) is 46.0 Å². The van der Waals surface area contributed by atoms with Gasteiger partial charge in [0, 0.05) is 22.2 Å². The highest BCUT2D eigenvalue weighted by atomic mass is 79.9. The molecule has 0 aliphatic rings. The minimum absolute atomic E-state index is 0.142. The summed E-state index contributed by atoms with van der Waals surface area (Å²) in [7, 11) is 0. The number of nitro benzene ring substituents is 1. The van der Waals surface area contributed by atoms with E-state index in [4.69, 9.17) is 10.5 Å². The van der Waals surface area contributed by atoms with Gasteiger partial charge in [0.05, 0.1) is 4.92 Å². The first-order chi connectivity index (χ1) is 12.3. The number of nitro groups is 1. The van der Waals surface area contributed by atoms with Crippen LogP contribution in [0.1, 0.15) is 16.7 Å². The number of carbonyl (C=O) groups is 1. The second-order valence-electron chi connectivity index (χ2n) is 5.41. The predicted octanol–water partition coefficient (Wildman–Crippen LogP) is 3.22. The molecule has 0 saturated carbocycles. The van der Waals surface area contributed by atoms with Crippen molar-refractivity contribution in [3.8, 4) is 5.75 Å². The molecule has 0 radical (unpaired) electrons. The van der Waals surface area contributed by atoms with Crippen LogP contribution in [0, 0.1) is 24.0 Å². The average Bonchev–Trinajstić information content (AvgIpc) is 2.62. The van der Waals surface area contributed by atoms with Crippen molar-refractivity contribution >= 4 is 33.4 Å². The number of aryl methyl sites for hydroxylation is 2. The smallest absolute Gasteiger partial charge is 0.372 e. The standard InChI is InChI=1S/C17H16BrN3O5/c1-10-6-14(7-11(2)16(10)18)25-9-15(22)26-20-17(19)12-4-3-5-13(8-12)21(23)24/h3-8H,9H2,1-2H3,(H2,19,20). The lowest BCUT2D eigenvalue weighted by Gasteiger charge is -2.09. The molecule has 0 unspecified atom stereocenters. The number of hydrogen-bond acceptors (Lipinski definition) is 6. The van der Waals surface area contributed by atoms with Gasteiger partial charge in [-0.1, -0.05) is 33.2 Å². The van der Waals surface area contributed by atoms with E-state index >= 15 is 0 Å². The van der Waals surface area contributed by atoms with Gasteiger partial charge in [-0.3, -0.25) is 10.1 Å². The van der Waals surface area contributed by atoms with Crippen molar-refractivity contribution in [2.24, 2.45) is 10.9 Å². The van der Waals surface area contributed by atoms with Gasteiger partial charge in [-0.15, -0.1) is 0 Å². The van der Waals surface area contributed by atoms with Gasteiger partial charge >= 0.3 is 5.97 Å². The van der Waals surface area contributed by atoms with Crippen LogP contribution in [-0.2, 0) is 9.63 Å². The number of hydrogen-bond donors (Lipinski definition) is 1. The Kier molecular flexibility index (Phi) is 6.29. The minimum atomic E-state index is -0.753. The summed E-state index contributed by atoms with van der Waals surface area (Å²) in [6, 6.07) is 9.09. The van der Waals surface area contributed by atoms with Crippen molar-refractivity contribution in [3.05, 3.63) is 67.7 Å². The molecule has 0 amide bonds. The normalized spacial score (nSPS) is 11.1. The Balaban J connectivity index is 1.96. The SMILES string of the molecule is Cc1cc(OCC(=O)ON=C(N)c2cccc([N+](=O)[O-])c2)cc(C)c1Br. The van der Waals surface area contributed by atoms with Crippen molar-refractivity contribution in [2.75, 3.05) is 6.61 Å². The Morgan fingerprint density at radius 1 is 1.27 bits per heavy atom. The first-order valence-electron chi connectivity index (χ1n) is 7.45. The molecule has 0 saturated heterocycles. The van der Waals surface area contributed by atoms with Crippen LogP contribution in [0.2, 0.25) is 0 Å². The third-order valence-corrected chi connectivity index (χ3v) is 4.62. The predicted molar refractivity (Wildman–Crippen MR) is 99.0 cm³/mol. The Hall–Kier alpha value is -2.94. The van der Waals surface area contributed by atoms with Crippen LogP contribution in [0.5, 0.6) is 5.75 Å². The number of rotatable bonds is 6. The van der Waals surface area contributed by atoms with Crippen molar-refractivity contribution < 1.29 is 19.3 Å². The van der Waals surface area contributed by atoms with Gasteiger partial charge < -0.3 is 15.3 Å². The monoisotopic (exact) mass is 421 g/mol. The number of benzene rings is 2. The molecule has 0 spiro atoms. The van der Waals surface area contributed by atoms with E-state index in [0.29, 0.717) is 5.75 Å². The summed E-state index contributed by atoms with van der Waals surface area (Å²) in [6.45, 7) is 3.46. The summed E-state index contributed by atoms with van der Waals surface area (Å²) in [5, 5.41) is 14.2. The van der Waals surface area contributed by atoms with Crippen LogP contribution in [0.3, 0.4) is 0 Å². The molecule has 0 aromatic heterocycles. The largest absolute Gasteiger partial charge is 0.482 e. The number of amidine groups is 1. The van der Waals surface area contributed by atoms with Crippen LogP contribution >= 0.6 is 15.9 Å². The molecular formula is C17H16BrN3O5. The minimum Gasteiger partial charge on any atom is -0.482 e. The molecule has 8 nitrogen and oxygen atoms in total. The van der Waals surface area contributed by atoms with Crippen molar-refractivity contribution in [3.63, 3.8) is 0 Å². The Morgan fingerprint density at radius 2 is 1.92 bits per heavy atom. The van der Waals surface area contributed by atoms with E-state index in [1.165, 1.54) is 24.3 Å². The Morgan fingerprint density at radius 3 is 2.54 bits per heavy atom. The number of halogens is 1. The van der Waals surface area contributed by atoms with Crippen LogP contribution in [-0.4, -0.2) is 23.3 Å². The maximum absolute atomic E-state index is 11.7. The maximum atomic E-state index is 11.7. The van der Waals surface area contributed by atoms with E-state index < -0.39 is 10.9 Å². The summed E-state index contributed by atoms with van der Waals surface area (Å²) in [4.78, 5) is 26.6. The van der Waals surface area contributed by atoms with Gasteiger partial charge in [0.25, 0.3) is 5.69 Å². The molecule has 2 aromatic rings. The summed E-state index contributed by atoms with van der Waals surface area (Å²) < 4.78 is 6.35. The van der Waals surface area contributed by atoms with Crippen molar-refractivity contribution in [1.82, 2.24) is 0 Å². The fourth-order valence-electron chi connectivity index (χ4n) is 2.09. The van der Waals surface area contributed by atoms with Crippen molar-refractivity contribution in [2.45, 2.75) is 13.8 Å². The van der Waals surface area contributed by atoms with E-state index in [1.807, 2.05) is 13.8 Å². The lowest BCUT2D eigenvalue weighted by atomic mass is 10.1.